The van der Waals surface area contributed by atoms with Gasteiger partial charge in [0.1, 0.15) is 6.61 Å². The Labute approximate surface area is 144 Å². The zero-order valence-electron chi connectivity index (χ0n) is 13.7. The van der Waals surface area contributed by atoms with Crippen LogP contribution in [0.3, 0.4) is 0 Å². The van der Waals surface area contributed by atoms with Gasteiger partial charge in [-0.3, -0.25) is 9.59 Å². The quantitative estimate of drug-likeness (QED) is 0.682. The molecule has 0 aliphatic carbocycles. The average molecular weight is 341 g/mol. The van der Waals surface area contributed by atoms with Crippen LogP contribution in [-0.2, 0) is 9.53 Å². The molecule has 7 nitrogen and oxygen atoms in total. The summed E-state index contributed by atoms with van der Waals surface area (Å²) in [6.07, 6.45) is 2.65. The Morgan fingerprint density at radius 3 is 2.60 bits per heavy atom. The van der Waals surface area contributed by atoms with Gasteiger partial charge in [-0.15, -0.1) is 0 Å². The molecule has 0 bridgehead atoms. The Kier molecular flexibility index (Phi) is 3.91. The smallest absolute Gasteiger partial charge is 0.410 e. The van der Waals surface area contributed by atoms with Gasteiger partial charge in [-0.25, -0.2) is 4.79 Å². The van der Waals surface area contributed by atoms with Crippen LogP contribution in [0.5, 0.6) is 0 Å². The number of carbonyl (C=O) groups excluding carboxylic acids is 3. The van der Waals surface area contributed by atoms with Crippen molar-refractivity contribution in [2.24, 2.45) is 0 Å². The van der Waals surface area contributed by atoms with E-state index in [1.165, 1.54) is 0 Å². The number of ketones is 1. The van der Waals surface area contributed by atoms with Crippen molar-refractivity contribution in [3.63, 3.8) is 0 Å². The number of hydrogen-bond acceptors (Lipinski definition) is 4. The zero-order chi connectivity index (χ0) is 17.4. The molecule has 0 unspecified atom stereocenters. The van der Waals surface area contributed by atoms with Gasteiger partial charge in [0.25, 0.3) is 11.7 Å². The molecular weight excluding hydrogens is 322 g/mol. The summed E-state index contributed by atoms with van der Waals surface area (Å²) < 4.78 is 4.97. The van der Waals surface area contributed by atoms with E-state index < -0.39 is 11.7 Å². The normalized spacial score (nSPS) is 18.6. The van der Waals surface area contributed by atoms with Crippen LogP contribution in [0, 0.1) is 0 Å². The number of aromatic amines is 1. The van der Waals surface area contributed by atoms with Crippen LogP contribution in [0.2, 0.25) is 0 Å². The summed E-state index contributed by atoms with van der Waals surface area (Å²) in [7, 11) is 0. The van der Waals surface area contributed by atoms with Crippen LogP contribution in [-0.4, -0.2) is 64.9 Å². The molecule has 25 heavy (non-hydrogen) atoms. The highest BCUT2D eigenvalue weighted by molar-refractivity contribution is 6.44. The van der Waals surface area contributed by atoms with E-state index in [4.69, 9.17) is 4.74 Å². The van der Waals surface area contributed by atoms with E-state index in [-0.39, 0.29) is 12.1 Å². The van der Waals surface area contributed by atoms with E-state index in [9.17, 15) is 14.4 Å². The number of cyclic esters (lactones) is 1. The minimum absolute atomic E-state index is 0.0854. The van der Waals surface area contributed by atoms with E-state index in [1.54, 1.807) is 16.0 Å². The molecule has 130 valence electrons. The first kappa shape index (κ1) is 15.7. The first-order chi connectivity index (χ1) is 12.1. The monoisotopic (exact) mass is 341 g/mol. The van der Waals surface area contributed by atoms with Crippen molar-refractivity contribution in [2.75, 3.05) is 26.2 Å². The second kappa shape index (κ2) is 6.23. The largest absolute Gasteiger partial charge is 0.448 e. The van der Waals surface area contributed by atoms with Crippen LogP contribution in [0.4, 0.5) is 4.79 Å². The number of ether oxygens (including phenoxy) is 1. The number of aromatic nitrogens is 1. The molecule has 7 heteroatoms. The van der Waals surface area contributed by atoms with Crippen molar-refractivity contribution in [3.05, 3.63) is 36.0 Å². The molecule has 2 amide bonds. The molecule has 0 radical (unpaired) electrons. The summed E-state index contributed by atoms with van der Waals surface area (Å²) in [6, 6.07) is 7.51. The zero-order valence-corrected chi connectivity index (χ0v) is 13.7. The van der Waals surface area contributed by atoms with E-state index >= 15 is 0 Å². The number of nitrogens with zero attached hydrogens (tertiary/aromatic N) is 2. The molecule has 1 aromatic carbocycles. The SMILES string of the molecule is O=C(C(=O)N1CCC(N2CCOC2=O)CC1)c1c[nH]c2ccccc12. The number of Topliss-reactive ketones (excluding diaryl/α,β-unsaturated/α-hetero) is 1. The molecule has 0 saturated carbocycles. The van der Waals surface area contributed by atoms with Gasteiger partial charge in [0.05, 0.1) is 12.1 Å². The number of amides is 2. The lowest BCUT2D eigenvalue weighted by molar-refractivity contribution is -0.127. The molecule has 2 aliphatic rings. The Morgan fingerprint density at radius 2 is 1.88 bits per heavy atom. The van der Waals surface area contributed by atoms with E-state index in [0.717, 1.165) is 10.9 Å². The Hall–Kier alpha value is -2.83. The van der Waals surface area contributed by atoms with E-state index in [1.807, 2.05) is 24.3 Å². The number of likely N-dealkylation sites (tertiary alicyclic amines) is 1. The van der Waals surface area contributed by atoms with E-state index in [2.05, 4.69) is 4.98 Å². The molecule has 3 heterocycles. The fraction of sp³-hybridized carbons (Fsp3) is 0.389. The molecule has 2 aliphatic heterocycles. The van der Waals surface area contributed by atoms with Crippen LogP contribution in [0.15, 0.2) is 30.5 Å². The first-order valence-electron chi connectivity index (χ1n) is 8.48. The van der Waals surface area contributed by atoms with Gasteiger partial charge in [-0.1, -0.05) is 18.2 Å². The molecule has 0 spiro atoms. The number of H-pyrrole nitrogens is 1. The van der Waals surface area contributed by atoms with Crippen molar-refractivity contribution in [1.29, 1.82) is 0 Å². The molecule has 2 aromatic rings. The number of nitrogens with one attached hydrogen (secondary N) is 1. The van der Waals surface area contributed by atoms with Crippen LogP contribution >= 0.6 is 0 Å². The summed E-state index contributed by atoms with van der Waals surface area (Å²) in [4.78, 5) is 43.2. The van der Waals surface area contributed by atoms with Gasteiger partial charge in [0.2, 0.25) is 0 Å². The minimum atomic E-state index is -0.489. The molecule has 1 N–H and O–H groups in total. The van der Waals surface area contributed by atoms with Crippen molar-refractivity contribution < 1.29 is 19.1 Å². The van der Waals surface area contributed by atoms with Gasteiger partial charge < -0.3 is 19.5 Å². The number of fused-ring (bicyclic) bond motifs is 1. The maximum absolute atomic E-state index is 12.6. The van der Waals surface area contributed by atoms with Crippen molar-refractivity contribution in [2.45, 2.75) is 18.9 Å². The van der Waals surface area contributed by atoms with Gasteiger partial charge >= 0.3 is 6.09 Å². The van der Waals surface area contributed by atoms with Crippen molar-refractivity contribution in [1.82, 2.24) is 14.8 Å². The van der Waals surface area contributed by atoms with Gasteiger partial charge in [-0.05, 0) is 18.9 Å². The predicted molar refractivity (Wildman–Crippen MR) is 90.3 cm³/mol. The molecule has 4 rings (SSSR count). The lowest BCUT2D eigenvalue weighted by atomic mass is 10.0. The summed E-state index contributed by atoms with van der Waals surface area (Å²) in [5.74, 6) is -0.969. The standard InChI is InChI=1S/C18H19N3O4/c22-16(14-11-19-15-4-2-1-3-13(14)15)17(23)20-7-5-12(6-8-20)21-9-10-25-18(21)24/h1-4,11-12,19H,5-10H2. The number of piperidine rings is 1. The Balaban J connectivity index is 1.43. The molecule has 2 saturated heterocycles. The maximum Gasteiger partial charge on any atom is 0.410 e. The van der Waals surface area contributed by atoms with Crippen LogP contribution in [0.1, 0.15) is 23.2 Å². The highest BCUT2D eigenvalue weighted by Gasteiger charge is 2.35. The average Bonchev–Trinajstić information content (AvgIpc) is 3.27. The molecule has 0 atom stereocenters. The number of benzene rings is 1. The molecular formula is C18H19N3O4. The first-order valence-corrected chi connectivity index (χ1v) is 8.48. The third kappa shape index (κ3) is 2.75. The topological polar surface area (TPSA) is 82.7 Å². The maximum atomic E-state index is 12.6. The predicted octanol–water partition coefficient (Wildman–Crippen LogP) is 1.79. The van der Waals surface area contributed by atoms with Gasteiger partial charge in [0, 0.05) is 36.2 Å². The minimum Gasteiger partial charge on any atom is -0.448 e. The van der Waals surface area contributed by atoms with Gasteiger partial charge in [-0.2, -0.15) is 0 Å². The van der Waals surface area contributed by atoms with Crippen LogP contribution < -0.4 is 0 Å². The highest BCUT2D eigenvalue weighted by Crippen LogP contribution is 2.22. The lowest BCUT2D eigenvalue weighted by Crippen LogP contribution is -2.48. The lowest BCUT2D eigenvalue weighted by Gasteiger charge is -2.35. The van der Waals surface area contributed by atoms with Gasteiger partial charge in [0.15, 0.2) is 0 Å². The third-order valence-electron chi connectivity index (χ3n) is 5.01. The molecule has 1 aromatic heterocycles. The Bertz CT molecular complexity index is 836. The third-order valence-corrected chi connectivity index (χ3v) is 5.01. The second-order valence-corrected chi connectivity index (χ2v) is 6.41. The second-order valence-electron chi connectivity index (χ2n) is 6.41. The summed E-state index contributed by atoms with van der Waals surface area (Å²) in [5, 5.41) is 0.760. The van der Waals surface area contributed by atoms with Crippen molar-refractivity contribution >= 4 is 28.7 Å². The number of hydrogen-bond donors (Lipinski definition) is 1. The van der Waals surface area contributed by atoms with Crippen LogP contribution in [0.25, 0.3) is 10.9 Å². The summed E-state index contributed by atoms with van der Waals surface area (Å²) >= 11 is 0. The summed E-state index contributed by atoms with van der Waals surface area (Å²) in [6.45, 7) is 1.98. The fourth-order valence-corrected chi connectivity index (χ4v) is 3.64. The number of carbonyl (C=O) groups is 3. The molecule has 2 fully saturated rings. The summed E-state index contributed by atoms with van der Waals surface area (Å²) in [5.41, 5.74) is 1.25. The highest BCUT2D eigenvalue weighted by atomic mass is 16.6. The van der Waals surface area contributed by atoms with Crippen molar-refractivity contribution in [3.8, 4) is 0 Å². The fourth-order valence-electron chi connectivity index (χ4n) is 3.64. The number of para-hydroxylation sites is 1. The Morgan fingerprint density at radius 1 is 1.12 bits per heavy atom. The van der Waals surface area contributed by atoms with E-state index in [0.29, 0.717) is 44.6 Å². The number of rotatable bonds is 3.